The summed E-state index contributed by atoms with van der Waals surface area (Å²) in [6.45, 7) is 2.21. The van der Waals surface area contributed by atoms with Crippen LogP contribution in [-0.4, -0.2) is 15.2 Å². The maximum absolute atomic E-state index is 3.43. The van der Waals surface area contributed by atoms with Crippen LogP contribution < -0.4 is 4.57 Å². The first kappa shape index (κ1) is 11.2. The molecule has 0 saturated heterocycles. The van der Waals surface area contributed by atoms with Gasteiger partial charge in [0.2, 0.25) is 6.33 Å². The summed E-state index contributed by atoms with van der Waals surface area (Å²) in [5.74, 6) is 0. The van der Waals surface area contributed by atoms with E-state index in [1.165, 1.54) is 12.8 Å². The molecule has 1 aromatic heterocycles. The van der Waals surface area contributed by atoms with Crippen molar-refractivity contribution in [3.63, 3.8) is 0 Å². The van der Waals surface area contributed by atoms with Crippen LogP contribution in [-0.2, 0) is 13.1 Å². The van der Waals surface area contributed by atoms with Gasteiger partial charge in [0.25, 0.3) is 0 Å². The summed E-state index contributed by atoms with van der Waals surface area (Å²) in [6, 6.07) is 0. The molecule has 0 aliphatic carbocycles. The molecule has 0 bridgehead atoms. The number of nitrogens with zero attached hydrogens (tertiary/aromatic N) is 2. The molecule has 0 aliphatic rings. The van der Waals surface area contributed by atoms with Gasteiger partial charge < -0.3 is 0 Å². The minimum atomic E-state index is 1.08. The predicted molar refractivity (Wildman–Crippen MR) is 61.4 cm³/mol. The Balaban J connectivity index is 2.34. The zero-order valence-electron chi connectivity index (χ0n) is 7.63. The molecule has 0 spiro atoms. The van der Waals surface area contributed by atoms with E-state index < -0.39 is 0 Å². The largest absolute Gasteiger partial charge is 0.243 e. The van der Waals surface area contributed by atoms with Gasteiger partial charge in [-0.15, -0.1) is 0 Å². The number of aryl methyl sites for hydroxylation is 2. The van der Waals surface area contributed by atoms with Gasteiger partial charge in [-0.1, -0.05) is 31.9 Å². The number of rotatable bonds is 6. The average molecular weight is 311 g/mol. The van der Waals surface area contributed by atoms with E-state index in [2.05, 4.69) is 59.7 Å². The third-order valence-corrected chi connectivity index (χ3v) is 2.97. The van der Waals surface area contributed by atoms with Crippen molar-refractivity contribution in [3.05, 3.63) is 18.7 Å². The third-order valence-electron chi connectivity index (χ3n) is 1.85. The lowest BCUT2D eigenvalue weighted by Gasteiger charge is -1.93. The van der Waals surface area contributed by atoms with E-state index in [4.69, 9.17) is 0 Å². The van der Waals surface area contributed by atoms with Crippen molar-refractivity contribution in [3.8, 4) is 0 Å². The molecular formula is C9H15Br2N2+. The van der Waals surface area contributed by atoms with E-state index in [0.29, 0.717) is 0 Å². The van der Waals surface area contributed by atoms with Crippen LogP contribution in [0.15, 0.2) is 18.7 Å². The summed E-state index contributed by atoms with van der Waals surface area (Å²) in [7, 11) is 0. The molecule has 0 saturated carbocycles. The molecular weight excluding hydrogens is 296 g/mol. The maximum atomic E-state index is 3.43. The SMILES string of the molecule is BrCCCn1cc[n+](CCCBr)c1. The standard InChI is InChI=1S/C9H15Br2N2/c10-3-1-5-12-7-8-13(9-12)6-2-4-11/h7-9H,1-6H2/q+1. The van der Waals surface area contributed by atoms with Crippen LogP contribution in [0.4, 0.5) is 0 Å². The van der Waals surface area contributed by atoms with Gasteiger partial charge in [0.05, 0.1) is 13.1 Å². The summed E-state index contributed by atoms with van der Waals surface area (Å²) in [5, 5.41) is 2.15. The lowest BCUT2D eigenvalue weighted by atomic mass is 10.5. The van der Waals surface area contributed by atoms with E-state index in [1.807, 2.05) is 0 Å². The highest BCUT2D eigenvalue weighted by Gasteiger charge is 2.01. The second kappa shape index (κ2) is 6.60. The topological polar surface area (TPSA) is 8.81 Å². The lowest BCUT2D eigenvalue weighted by Crippen LogP contribution is -2.31. The molecule has 1 rings (SSSR count). The van der Waals surface area contributed by atoms with Gasteiger partial charge in [0, 0.05) is 10.7 Å². The molecule has 2 nitrogen and oxygen atoms in total. The van der Waals surface area contributed by atoms with E-state index >= 15 is 0 Å². The van der Waals surface area contributed by atoms with E-state index in [1.54, 1.807) is 0 Å². The van der Waals surface area contributed by atoms with Gasteiger partial charge in [-0.05, 0) is 12.8 Å². The smallest absolute Gasteiger partial charge is 0.237 e. The molecule has 0 aromatic carbocycles. The molecule has 0 unspecified atom stereocenters. The van der Waals surface area contributed by atoms with Crippen molar-refractivity contribution >= 4 is 31.9 Å². The van der Waals surface area contributed by atoms with Crippen LogP contribution in [0.3, 0.4) is 0 Å². The number of halogens is 2. The number of aromatic nitrogens is 2. The van der Waals surface area contributed by atoms with Crippen LogP contribution in [0.1, 0.15) is 12.8 Å². The zero-order valence-corrected chi connectivity index (χ0v) is 10.8. The Morgan fingerprint density at radius 2 is 1.92 bits per heavy atom. The minimum Gasteiger partial charge on any atom is -0.237 e. The lowest BCUT2D eigenvalue weighted by molar-refractivity contribution is -0.696. The van der Waals surface area contributed by atoms with Crippen LogP contribution in [0.25, 0.3) is 0 Å². The molecule has 0 N–H and O–H groups in total. The van der Waals surface area contributed by atoms with E-state index in [0.717, 1.165) is 23.7 Å². The highest BCUT2D eigenvalue weighted by atomic mass is 79.9. The van der Waals surface area contributed by atoms with Crippen molar-refractivity contribution in [2.45, 2.75) is 25.9 Å². The first-order valence-corrected chi connectivity index (χ1v) is 6.78. The first-order valence-electron chi connectivity index (χ1n) is 4.53. The van der Waals surface area contributed by atoms with Crippen molar-refractivity contribution in [1.29, 1.82) is 0 Å². The summed E-state index contributed by atoms with van der Waals surface area (Å²) < 4.78 is 4.46. The highest BCUT2D eigenvalue weighted by molar-refractivity contribution is 9.09. The molecule has 0 aliphatic heterocycles. The maximum Gasteiger partial charge on any atom is 0.243 e. The van der Waals surface area contributed by atoms with Gasteiger partial charge in [-0.25, -0.2) is 9.13 Å². The van der Waals surface area contributed by atoms with Crippen molar-refractivity contribution in [2.75, 3.05) is 10.7 Å². The monoisotopic (exact) mass is 309 g/mol. The predicted octanol–water partition coefficient (Wildman–Crippen LogP) is 2.35. The number of hydrogen-bond donors (Lipinski definition) is 0. The molecule has 13 heavy (non-hydrogen) atoms. The Morgan fingerprint density at radius 1 is 1.15 bits per heavy atom. The quantitative estimate of drug-likeness (QED) is 0.563. The second-order valence-corrected chi connectivity index (χ2v) is 4.56. The number of imidazole rings is 1. The van der Waals surface area contributed by atoms with Gasteiger partial charge in [-0.2, -0.15) is 0 Å². The molecule has 4 heteroatoms. The molecule has 0 fully saturated rings. The van der Waals surface area contributed by atoms with Gasteiger partial charge in [0.15, 0.2) is 0 Å². The first-order chi connectivity index (χ1) is 6.36. The Labute approximate surface area is 96.2 Å². The normalized spacial score (nSPS) is 10.6. The van der Waals surface area contributed by atoms with E-state index in [-0.39, 0.29) is 0 Å². The Morgan fingerprint density at radius 3 is 2.62 bits per heavy atom. The fraction of sp³-hybridized carbons (Fsp3) is 0.667. The highest BCUT2D eigenvalue weighted by Crippen LogP contribution is 1.94. The Kier molecular flexibility index (Phi) is 5.71. The fourth-order valence-corrected chi connectivity index (χ4v) is 1.69. The summed E-state index contributed by atoms with van der Waals surface area (Å²) >= 11 is 6.86. The molecule has 74 valence electrons. The molecule has 1 aromatic rings. The van der Waals surface area contributed by atoms with Gasteiger partial charge in [0.1, 0.15) is 12.4 Å². The Hall–Kier alpha value is 0.170. The summed E-state index contributed by atoms with van der Waals surface area (Å²) in [5.41, 5.74) is 0. The van der Waals surface area contributed by atoms with Crippen molar-refractivity contribution in [1.82, 2.24) is 4.57 Å². The Bertz CT molecular complexity index is 213. The second-order valence-electron chi connectivity index (χ2n) is 2.97. The van der Waals surface area contributed by atoms with Crippen molar-refractivity contribution in [2.24, 2.45) is 0 Å². The van der Waals surface area contributed by atoms with Crippen LogP contribution in [0, 0.1) is 0 Å². The van der Waals surface area contributed by atoms with Crippen LogP contribution in [0.2, 0.25) is 0 Å². The number of hydrogen-bond acceptors (Lipinski definition) is 0. The third kappa shape index (κ3) is 4.27. The summed E-state index contributed by atoms with van der Waals surface area (Å²) in [6.07, 6.45) is 8.82. The van der Waals surface area contributed by atoms with E-state index in [9.17, 15) is 0 Å². The van der Waals surface area contributed by atoms with Crippen LogP contribution >= 0.6 is 31.9 Å². The molecule has 0 amide bonds. The number of alkyl halides is 2. The van der Waals surface area contributed by atoms with Crippen LogP contribution in [0.5, 0.6) is 0 Å². The molecule has 0 radical (unpaired) electrons. The average Bonchev–Trinajstić information content (AvgIpc) is 2.59. The zero-order chi connectivity index (χ0) is 9.52. The van der Waals surface area contributed by atoms with Gasteiger partial charge >= 0.3 is 0 Å². The van der Waals surface area contributed by atoms with Crippen molar-refractivity contribution < 1.29 is 4.57 Å². The molecule has 1 heterocycles. The molecule has 0 atom stereocenters. The van der Waals surface area contributed by atoms with Gasteiger partial charge in [-0.3, -0.25) is 0 Å². The minimum absolute atomic E-state index is 1.08. The summed E-state index contributed by atoms with van der Waals surface area (Å²) in [4.78, 5) is 0. The fourth-order valence-electron chi connectivity index (χ4n) is 1.19.